The Bertz CT molecular complexity index is 918. The largest absolute Gasteiger partial charge is 0.494 e. The third-order valence-electron chi connectivity index (χ3n) is 4.43. The number of carbonyl (C=O) groups is 1. The maximum atomic E-state index is 12.6. The Morgan fingerprint density at radius 3 is 2.52 bits per heavy atom. The third kappa shape index (κ3) is 4.06. The van der Waals surface area contributed by atoms with Gasteiger partial charge in [0.15, 0.2) is 10.9 Å². The summed E-state index contributed by atoms with van der Waals surface area (Å²) in [5, 5.41) is 9.53. The third-order valence-corrected chi connectivity index (χ3v) is 5.36. The molecule has 0 unspecified atom stereocenters. The van der Waals surface area contributed by atoms with Crippen LogP contribution in [0.4, 0.5) is 0 Å². The number of carbonyl (C=O) groups excluding carboxylic acids is 1. The van der Waals surface area contributed by atoms with E-state index in [4.69, 9.17) is 4.74 Å². The van der Waals surface area contributed by atoms with E-state index in [1.807, 2.05) is 61.5 Å². The molecule has 27 heavy (non-hydrogen) atoms. The van der Waals surface area contributed by atoms with Gasteiger partial charge >= 0.3 is 0 Å². The van der Waals surface area contributed by atoms with E-state index in [-0.39, 0.29) is 5.78 Å². The molecule has 2 aromatic carbocycles. The number of ketones is 1. The van der Waals surface area contributed by atoms with E-state index in [0.717, 1.165) is 35.3 Å². The van der Waals surface area contributed by atoms with Crippen LogP contribution in [-0.2, 0) is 0 Å². The average Bonchev–Trinajstić information content (AvgIpc) is 3.47. The van der Waals surface area contributed by atoms with Crippen LogP contribution in [0.3, 0.4) is 0 Å². The molecule has 4 rings (SSSR count). The van der Waals surface area contributed by atoms with Crippen molar-refractivity contribution in [2.45, 2.75) is 30.8 Å². The van der Waals surface area contributed by atoms with Gasteiger partial charge < -0.3 is 4.74 Å². The molecule has 6 heteroatoms. The van der Waals surface area contributed by atoms with Gasteiger partial charge in [0, 0.05) is 17.2 Å². The predicted octanol–water partition coefficient (Wildman–Crippen LogP) is 4.52. The van der Waals surface area contributed by atoms with Crippen molar-refractivity contribution in [3.8, 4) is 11.4 Å². The normalized spacial score (nSPS) is 13.5. The Kier molecular flexibility index (Phi) is 5.25. The van der Waals surface area contributed by atoms with Gasteiger partial charge in [0.05, 0.1) is 12.4 Å². The highest BCUT2D eigenvalue weighted by Crippen LogP contribution is 2.41. The van der Waals surface area contributed by atoms with Crippen LogP contribution < -0.4 is 4.74 Å². The molecule has 0 atom stereocenters. The zero-order valence-corrected chi connectivity index (χ0v) is 16.0. The van der Waals surface area contributed by atoms with E-state index in [9.17, 15) is 4.79 Å². The first kappa shape index (κ1) is 17.8. The number of rotatable bonds is 8. The fourth-order valence-electron chi connectivity index (χ4n) is 2.92. The van der Waals surface area contributed by atoms with Crippen molar-refractivity contribution in [1.29, 1.82) is 0 Å². The number of aromatic nitrogens is 3. The molecule has 0 radical (unpaired) electrons. The van der Waals surface area contributed by atoms with Crippen molar-refractivity contribution in [2.75, 3.05) is 12.4 Å². The Labute approximate surface area is 162 Å². The SMILES string of the molecule is CCOc1ccc(C(=O)CSc2nnc(C3CC3)n2-c2ccccc2)cc1. The Balaban J connectivity index is 1.50. The van der Waals surface area contributed by atoms with Gasteiger partial charge in [-0.1, -0.05) is 30.0 Å². The second-order valence-corrected chi connectivity index (χ2v) is 7.40. The first-order chi connectivity index (χ1) is 13.3. The fraction of sp³-hybridized carbons (Fsp3) is 0.286. The van der Waals surface area contributed by atoms with Crippen molar-refractivity contribution in [2.24, 2.45) is 0 Å². The quantitative estimate of drug-likeness (QED) is 0.425. The summed E-state index contributed by atoms with van der Waals surface area (Å²) in [5.74, 6) is 2.65. The molecule has 1 heterocycles. The number of ether oxygens (including phenoxy) is 1. The number of thioether (sulfide) groups is 1. The lowest BCUT2D eigenvalue weighted by molar-refractivity contribution is 0.102. The van der Waals surface area contributed by atoms with Crippen molar-refractivity contribution >= 4 is 17.5 Å². The molecule has 0 N–H and O–H groups in total. The van der Waals surface area contributed by atoms with E-state index in [1.54, 1.807) is 0 Å². The van der Waals surface area contributed by atoms with Gasteiger partial charge in [-0.15, -0.1) is 10.2 Å². The van der Waals surface area contributed by atoms with Crippen LogP contribution in [0.2, 0.25) is 0 Å². The summed E-state index contributed by atoms with van der Waals surface area (Å²) < 4.78 is 7.52. The lowest BCUT2D eigenvalue weighted by Crippen LogP contribution is -2.05. The summed E-state index contributed by atoms with van der Waals surface area (Å²) >= 11 is 1.43. The maximum Gasteiger partial charge on any atom is 0.196 e. The zero-order valence-electron chi connectivity index (χ0n) is 15.2. The van der Waals surface area contributed by atoms with E-state index in [0.29, 0.717) is 23.8 Å². The second-order valence-electron chi connectivity index (χ2n) is 6.46. The molecule has 0 bridgehead atoms. The lowest BCUT2D eigenvalue weighted by atomic mass is 10.1. The van der Waals surface area contributed by atoms with Gasteiger partial charge in [-0.2, -0.15) is 0 Å². The minimum absolute atomic E-state index is 0.0682. The standard InChI is InChI=1S/C21H21N3O2S/c1-2-26-18-12-10-15(11-13-18)19(25)14-27-21-23-22-20(16-8-9-16)24(21)17-6-4-3-5-7-17/h3-7,10-13,16H,2,8-9,14H2,1H3. The van der Waals surface area contributed by atoms with Gasteiger partial charge in [0.2, 0.25) is 0 Å². The highest BCUT2D eigenvalue weighted by Gasteiger charge is 2.31. The van der Waals surface area contributed by atoms with Crippen LogP contribution in [0.1, 0.15) is 41.9 Å². The molecule has 0 spiro atoms. The number of Topliss-reactive ketones (excluding diaryl/α,β-unsaturated/α-hetero) is 1. The highest BCUT2D eigenvalue weighted by atomic mass is 32.2. The Hall–Kier alpha value is -2.60. The molecular weight excluding hydrogens is 358 g/mol. The highest BCUT2D eigenvalue weighted by molar-refractivity contribution is 7.99. The molecule has 3 aromatic rings. The summed E-state index contributed by atoms with van der Waals surface area (Å²) in [5.41, 5.74) is 1.72. The molecular formula is C21H21N3O2S. The number of nitrogens with zero attached hydrogens (tertiary/aromatic N) is 3. The average molecular weight is 379 g/mol. The van der Waals surface area contributed by atoms with Gasteiger partial charge in [-0.05, 0) is 56.2 Å². The van der Waals surface area contributed by atoms with Crippen molar-refractivity contribution in [1.82, 2.24) is 14.8 Å². The monoisotopic (exact) mass is 379 g/mol. The van der Waals surface area contributed by atoms with Crippen LogP contribution >= 0.6 is 11.8 Å². The lowest BCUT2D eigenvalue weighted by Gasteiger charge is -2.09. The second kappa shape index (κ2) is 7.96. The molecule has 1 saturated carbocycles. The number of hydrogen-bond donors (Lipinski definition) is 0. The van der Waals surface area contributed by atoms with Gasteiger partial charge in [-0.25, -0.2) is 0 Å². The van der Waals surface area contributed by atoms with Crippen molar-refractivity contribution < 1.29 is 9.53 Å². The molecule has 1 aliphatic rings. The number of benzene rings is 2. The van der Waals surface area contributed by atoms with Gasteiger partial charge in [-0.3, -0.25) is 9.36 Å². The summed E-state index contributed by atoms with van der Waals surface area (Å²) in [6, 6.07) is 17.4. The number of para-hydroxylation sites is 1. The summed E-state index contributed by atoms with van der Waals surface area (Å²) in [4.78, 5) is 12.6. The predicted molar refractivity (Wildman–Crippen MR) is 106 cm³/mol. The maximum absolute atomic E-state index is 12.6. The minimum Gasteiger partial charge on any atom is -0.494 e. The summed E-state index contributed by atoms with van der Waals surface area (Å²) in [7, 11) is 0. The number of hydrogen-bond acceptors (Lipinski definition) is 5. The van der Waals surface area contributed by atoms with Crippen LogP contribution in [0.5, 0.6) is 5.75 Å². The summed E-state index contributed by atoms with van der Waals surface area (Å²) in [6.45, 7) is 2.55. The topological polar surface area (TPSA) is 57.0 Å². The molecule has 0 saturated heterocycles. The Morgan fingerprint density at radius 1 is 1.11 bits per heavy atom. The van der Waals surface area contributed by atoms with Crippen molar-refractivity contribution in [3.05, 3.63) is 66.0 Å². The molecule has 1 fully saturated rings. The van der Waals surface area contributed by atoms with E-state index >= 15 is 0 Å². The first-order valence-electron chi connectivity index (χ1n) is 9.16. The van der Waals surface area contributed by atoms with Gasteiger partial charge in [0.25, 0.3) is 0 Å². The van der Waals surface area contributed by atoms with E-state index < -0.39 is 0 Å². The van der Waals surface area contributed by atoms with E-state index in [1.165, 1.54) is 11.8 Å². The van der Waals surface area contributed by atoms with Crippen LogP contribution in [0, 0.1) is 0 Å². The summed E-state index contributed by atoms with van der Waals surface area (Å²) in [6.07, 6.45) is 2.31. The molecule has 5 nitrogen and oxygen atoms in total. The van der Waals surface area contributed by atoms with Crippen LogP contribution in [0.15, 0.2) is 59.8 Å². The fourth-order valence-corrected chi connectivity index (χ4v) is 3.77. The van der Waals surface area contributed by atoms with Crippen LogP contribution in [-0.4, -0.2) is 32.9 Å². The van der Waals surface area contributed by atoms with Crippen LogP contribution in [0.25, 0.3) is 5.69 Å². The smallest absolute Gasteiger partial charge is 0.196 e. The first-order valence-corrected chi connectivity index (χ1v) is 10.1. The zero-order chi connectivity index (χ0) is 18.6. The molecule has 1 aliphatic carbocycles. The minimum atomic E-state index is 0.0682. The molecule has 0 aliphatic heterocycles. The molecule has 138 valence electrons. The Morgan fingerprint density at radius 2 is 1.85 bits per heavy atom. The van der Waals surface area contributed by atoms with Crippen molar-refractivity contribution in [3.63, 3.8) is 0 Å². The van der Waals surface area contributed by atoms with Gasteiger partial charge in [0.1, 0.15) is 11.6 Å². The molecule has 0 amide bonds. The molecule has 1 aromatic heterocycles. The van der Waals surface area contributed by atoms with E-state index in [2.05, 4.69) is 14.8 Å².